The molecule has 1 heterocycles. The van der Waals surface area contributed by atoms with Gasteiger partial charge in [-0.05, 0) is 36.1 Å². The van der Waals surface area contributed by atoms with Gasteiger partial charge in [-0.1, -0.05) is 40.2 Å². The van der Waals surface area contributed by atoms with E-state index in [1.165, 1.54) is 0 Å². The summed E-state index contributed by atoms with van der Waals surface area (Å²) in [7, 11) is 0. The van der Waals surface area contributed by atoms with Gasteiger partial charge in [-0.3, -0.25) is 4.79 Å². The standard InChI is InChI=1S/C15H14BrNOS/c1-11(13-6-2-3-7-14(13)16)17-15(18)9-8-12-5-4-10-19-12/h2-11H,1H3,(H,17,18)/b9-8+/t11-/m0/s1. The summed E-state index contributed by atoms with van der Waals surface area (Å²) in [6, 6.07) is 11.8. The zero-order chi connectivity index (χ0) is 13.7. The lowest BCUT2D eigenvalue weighted by Gasteiger charge is -2.14. The minimum atomic E-state index is -0.0864. The number of carbonyl (C=O) groups is 1. The molecule has 1 aromatic carbocycles. The third kappa shape index (κ3) is 4.04. The highest BCUT2D eigenvalue weighted by Crippen LogP contribution is 2.22. The second-order valence-corrected chi connectivity index (χ2v) is 5.93. The molecule has 4 heteroatoms. The van der Waals surface area contributed by atoms with Gasteiger partial charge in [0.25, 0.3) is 0 Å². The maximum absolute atomic E-state index is 11.8. The van der Waals surface area contributed by atoms with Crippen LogP contribution in [-0.4, -0.2) is 5.91 Å². The van der Waals surface area contributed by atoms with Crippen molar-refractivity contribution in [3.8, 4) is 0 Å². The first-order valence-corrected chi connectivity index (χ1v) is 7.60. The first-order chi connectivity index (χ1) is 9.16. The normalized spacial score (nSPS) is 12.5. The molecule has 2 nitrogen and oxygen atoms in total. The Kier molecular flexibility index (Phi) is 4.93. The van der Waals surface area contributed by atoms with Crippen molar-refractivity contribution in [3.63, 3.8) is 0 Å². The lowest BCUT2D eigenvalue weighted by molar-refractivity contribution is -0.117. The molecule has 1 aromatic heterocycles. The highest BCUT2D eigenvalue weighted by Gasteiger charge is 2.09. The summed E-state index contributed by atoms with van der Waals surface area (Å²) < 4.78 is 1.00. The molecule has 2 rings (SSSR count). The number of thiophene rings is 1. The van der Waals surface area contributed by atoms with E-state index in [0.717, 1.165) is 14.9 Å². The second kappa shape index (κ2) is 6.68. The van der Waals surface area contributed by atoms with Crippen molar-refractivity contribution in [1.29, 1.82) is 0 Å². The zero-order valence-corrected chi connectivity index (χ0v) is 12.9. The van der Waals surface area contributed by atoms with Gasteiger partial charge in [0.1, 0.15) is 0 Å². The molecule has 0 radical (unpaired) electrons. The molecule has 0 aliphatic heterocycles. The zero-order valence-electron chi connectivity index (χ0n) is 10.5. The van der Waals surface area contributed by atoms with E-state index < -0.39 is 0 Å². The number of nitrogens with one attached hydrogen (secondary N) is 1. The van der Waals surface area contributed by atoms with E-state index in [1.807, 2.05) is 54.8 Å². The van der Waals surface area contributed by atoms with Crippen LogP contribution in [0, 0.1) is 0 Å². The molecule has 98 valence electrons. The Morgan fingerprint density at radius 3 is 2.79 bits per heavy atom. The van der Waals surface area contributed by atoms with Crippen molar-refractivity contribution in [2.75, 3.05) is 0 Å². The minimum Gasteiger partial charge on any atom is -0.346 e. The fourth-order valence-corrected chi connectivity index (χ4v) is 2.96. The summed E-state index contributed by atoms with van der Waals surface area (Å²) in [6.07, 6.45) is 3.39. The van der Waals surface area contributed by atoms with Crippen LogP contribution in [-0.2, 0) is 4.79 Å². The molecule has 1 N–H and O–H groups in total. The van der Waals surface area contributed by atoms with Crippen LogP contribution in [0.4, 0.5) is 0 Å². The van der Waals surface area contributed by atoms with E-state index in [9.17, 15) is 4.79 Å². The molecule has 0 aliphatic rings. The van der Waals surface area contributed by atoms with Crippen LogP contribution >= 0.6 is 27.3 Å². The Hall–Kier alpha value is -1.39. The Labute approximate surface area is 125 Å². The van der Waals surface area contributed by atoms with Gasteiger partial charge < -0.3 is 5.32 Å². The third-order valence-corrected chi connectivity index (χ3v) is 4.23. The molecule has 0 unspecified atom stereocenters. The average Bonchev–Trinajstić information content (AvgIpc) is 2.90. The van der Waals surface area contributed by atoms with Crippen molar-refractivity contribution < 1.29 is 4.79 Å². The highest BCUT2D eigenvalue weighted by molar-refractivity contribution is 9.10. The third-order valence-electron chi connectivity index (χ3n) is 2.67. The highest BCUT2D eigenvalue weighted by atomic mass is 79.9. The van der Waals surface area contributed by atoms with Gasteiger partial charge in [-0.2, -0.15) is 0 Å². The first kappa shape index (κ1) is 14.0. The SMILES string of the molecule is C[C@H](NC(=O)/C=C/c1cccs1)c1ccccc1Br. The Bertz CT molecular complexity index is 578. The monoisotopic (exact) mass is 335 g/mol. The van der Waals surface area contributed by atoms with Crippen molar-refractivity contribution in [2.24, 2.45) is 0 Å². The topological polar surface area (TPSA) is 29.1 Å². The largest absolute Gasteiger partial charge is 0.346 e. The van der Waals surface area contributed by atoms with Crippen LogP contribution in [0.2, 0.25) is 0 Å². The van der Waals surface area contributed by atoms with Crippen LogP contribution in [0.3, 0.4) is 0 Å². The second-order valence-electron chi connectivity index (χ2n) is 4.10. The van der Waals surface area contributed by atoms with E-state index in [0.29, 0.717) is 0 Å². The predicted molar refractivity (Wildman–Crippen MR) is 84.1 cm³/mol. The van der Waals surface area contributed by atoms with E-state index in [4.69, 9.17) is 0 Å². The molecule has 0 aliphatic carbocycles. The number of rotatable bonds is 4. The molecule has 19 heavy (non-hydrogen) atoms. The number of hydrogen-bond acceptors (Lipinski definition) is 2. The Balaban J connectivity index is 1.97. The Morgan fingerprint density at radius 1 is 1.32 bits per heavy atom. The number of halogens is 1. The molecular formula is C15H14BrNOS. The summed E-state index contributed by atoms with van der Waals surface area (Å²) in [4.78, 5) is 12.9. The van der Waals surface area contributed by atoms with E-state index in [2.05, 4.69) is 21.2 Å². The number of amides is 1. The molecule has 1 amide bonds. The maximum atomic E-state index is 11.8. The van der Waals surface area contributed by atoms with Crippen molar-refractivity contribution in [1.82, 2.24) is 5.32 Å². The fraction of sp³-hybridized carbons (Fsp3) is 0.133. The molecular weight excluding hydrogens is 322 g/mol. The molecule has 2 aromatic rings. The summed E-state index contributed by atoms with van der Waals surface area (Å²) >= 11 is 5.10. The van der Waals surface area contributed by atoms with Gasteiger partial charge in [0.05, 0.1) is 6.04 Å². The van der Waals surface area contributed by atoms with E-state index in [-0.39, 0.29) is 11.9 Å². The van der Waals surface area contributed by atoms with E-state index in [1.54, 1.807) is 17.4 Å². The molecule has 0 spiro atoms. The summed E-state index contributed by atoms with van der Waals surface area (Å²) in [5, 5.41) is 4.94. The molecule has 0 saturated heterocycles. The van der Waals surface area contributed by atoms with Crippen LogP contribution in [0.15, 0.2) is 52.3 Å². The van der Waals surface area contributed by atoms with Gasteiger partial charge in [-0.15, -0.1) is 11.3 Å². The van der Waals surface area contributed by atoms with Crippen molar-refractivity contribution in [3.05, 3.63) is 62.8 Å². The molecule has 0 saturated carbocycles. The molecule has 1 atom stereocenters. The van der Waals surface area contributed by atoms with Crippen LogP contribution in [0.1, 0.15) is 23.4 Å². The quantitative estimate of drug-likeness (QED) is 0.824. The number of hydrogen-bond donors (Lipinski definition) is 1. The molecule has 0 bridgehead atoms. The number of carbonyl (C=O) groups excluding carboxylic acids is 1. The first-order valence-electron chi connectivity index (χ1n) is 5.93. The van der Waals surface area contributed by atoms with E-state index >= 15 is 0 Å². The van der Waals surface area contributed by atoms with Crippen molar-refractivity contribution >= 4 is 39.2 Å². The van der Waals surface area contributed by atoms with Crippen molar-refractivity contribution in [2.45, 2.75) is 13.0 Å². The van der Waals surface area contributed by atoms with Gasteiger partial charge in [0, 0.05) is 15.4 Å². The van der Waals surface area contributed by atoms with Gasteiger partial charge in [0.2, 0.25) is 5.91 Å². The summed E-state index contributed by atoms with van der Waals surface area (Å²) in [6.45, 7) is 1.97. The van der Waals surface area contributed by atoms with Crippen LogP contribution in [0.5, 0.6) is 0 Å². The lowest BCUT2D eigenvalue weighted by atomic mass is 10.1. The van der Waals surface area contributed by atoms with Gasteiger partial charge in [-0.25, -0.2) is 0 Å². The fourth-order valence-electron chi connectivity index (χ4n) is 1.71. The predicted octanol–water partition coefficient (Wildman–Crippen LogP) is 4.40. The van der Waals surface area contributed by atoms with Crippen LogP contribution < -0.4 is 5.32 Å². The summed E-state index contributed by atoms with van der Waals surface area (Å²) in [5.74, 6) is -0.0864. The molecule has 0 fully saturated rings. The smallest absolute Gasteiger partial charge is 0.244 e. The van der Waals surface area contributed by atoms with Gasteiger partial charge in [0.15, 0.2) is 0 Å². The number of benzene rings is 1. The van der Waals surface area contributed by atoms with Crippen LogP contribution in [0.25, 0.3) is 6.08 Å². The van der Waals surface area contributed by atoms with Gasteiger partial charge >= 0.3 is 0 Å². The minimum absolute atomic E-state index is 0.0314. The maximum Gasteiger partial charge on any atom is 0.244 e. The summed E-state index contributed by atoms with van der Waals surface area (Å²) in [5.41, 5.74) is 1.07. The Morgan fingerprint density at radius 2 is 2.11 bits per heavy atom. The lowest BCUT2D eigenvalue weighted by Crippen LogP contribution is -2.24. The average molecular weight is 336 g/mol.